The number of imide groups is 1. The molecule has 1 heterocycles. The molecule has 3 rings (SSSR count). The minimum absolute atomic E-state index is 0.0504. The molecule has 1 aliphatic heterocycles. The summed E-state index contributed by atoms with van der Waals surface area (Å²) >= 11 is 12.9. The number of thioether (sulfide) groups is 1. The number of halogens is 2. The Morgan fingerprint density at radius 2 is 1.84 bits per heavy atom. The minimum atomic E-state index is -0.616. The number of carbonyl (C=O) groups excluding carboxylic acids is 2. The van der Waals surface area contributed by atoms with E-state index in [1.807, 2.05) is 18.2 Å². The Bertz CT molecular complexity index is 858. The normalized spacial score (nSPS) is 18.1. The van der Waals surface area contributed by atoms with Crippen molar-refractivity contribution in [2.45, 2.75) is 11.7 Å². The van der Waals surface area contributed by atoms with Crippen LogP contribution in [0.3, 0.4) is 0 Å². The van der Waals surface area contributed by atoms with Gasteiger partial charge in [-0.2, -0.15) is 0 Å². The van der Waals surface area contributed by atoms with Crippen LogP contribution in [0.2, 0.25) is 10.0 Å². The van der Waals surface area contributed by atoms with E-state index in [0.29, 0.717) is 16.4 Å². The molecule has 25 heavy (non-hydrogen) atoms. The zero-order valence-electron chi connectivity index (χ0n) is 12.9. The molecule has 5 nitrogen and oxygen atoms in total. The summed E-state index contributed by atoms with van der Waals surface area (Å²) in [6, 6.07) is 13.8. The molecule has 2 amide bonds. The van der Waals surface area contributed by atoms with E-state index in [4.69, 9.17) is 28.9 Å². The van der Waals surface area contributed by atoms with Crippen molar-refractivity contribution in [1.82, 2.24) is 0 Å². The predicted molar refractivity (Wildman–Crippen MR) is 103 cm³/mol. The molecule has 1 aliphatic rings. The maximum absolute atomic E-state index is 12.6. The average molecular weight is 394 g/mol. The third-order valence-electron chi connectivity index (χ3n) is 3.53. The van der Waals surface area contributed by atoms with Crippen LogP contribution >= 0.6 is 35.0 Å². The van der Waals surface area contributed by atoms with Gasteiger partial charge in [-0.1, -0.05) is 53.2 Å². The van der Waals surface area contributed by atoms with Gasteiger partial charge in [-0.25, -0.2) is 9.89 Å². The fourth-order valence-electron chi connectivity index (χ4n) is 2.39. The van der Waals surface area contributed by atoms with Gasteiger partial charge in [-0.05, 0) is 30.3 Å². The summed E-state index contributed by atoms with van der Waals surface area (Å²) in [7, 11) is 0. The highest BCUT2D eigenvalue weighted by Crippen LogP contribution is 2.33. The number of benzene rings is 2. The van der Waals surface area contributed by atoms with E-state index in [1.54, 1.807) is 24.3 Å². The number of nitrogens with zero attached hydrogens (tertiary/aromatic N) is 2. The molecular formula is C17H13Cl2N3O2S. The molecule has 0 radical (unpaired) electrons. The number of para-hydroxylation sites is 1. The van der Waals surface area contributed by atoms with Crippen molar-refractivity contribution in [3.05, 3.63) is 58.6 Å². The minimum Gasteiger partial charge on any atom is -0.378 e. The fraction of sp³-hybridized carbons (Fsp3) is 0.118. The Kier molecular flexibility index (Phi) is 5.32. The summed E-state index contributed by atoms with van der Waals surface area (Å²) in [5, 5.41) is 0.249. The van der Waals surface area contributed by atoms with Crippen molar-refractivity contribution in [2.24, 2.45) is 10.7 Å². The molecule has 1 fully saturated rings. The van der Waals surface area contributed by atoms with Gasteiger partial charge in [0.15, 0.2) is 5.17 Å². The van der Waals surface area contributed by atoms with Crippen LogP contribution in [0.1, 0.15) is 6.42 Å². The molecule has 1 atom stereocenters. The highest BCUT2D eigenvalue weighted by molar-refractivity contribution is 8.15. The van der Waals surface area contributed by atoms with Gasteiger partial charge in [0.05, 0.1) is 21.4 Å². The Labute approximate surface area is 158 Å². The molecule has 2 aromatic carbocycles. The van der Waals surface area contributed by atoms with E-state index in [-0.39, 0.29) is 28.4 Å². The number of amidine groups is 1. The number of anilines is 1. The summed E-state index contributed by atoms with van der Waals surface area (Å²) in [4.78, 5) is 30.2. The molecule has 0 saturated carbocycles. The largest absolute Gasteiger partial charge is 0.378 e. The van der Waals surface area contributed by atoms with Gasteiger partial charge in [-0.15, -0.1) is 0 Å². The van der Waals surface area contributed by atoms with E-state index in [2.05, 4.69) is 4.99 Å². The van der Waals surface area contributed by atoms with Crippen molar-refractivity contribution in [1.29, 1.82) is 0 Å². The van der Waals surface area contributed by atoms with E-state index < -0.39 is 5.25 Å². The molecule has 0 aliphatic carbocycles. The molecule has 128 valence electrons. The van der Waals surface area contributed by atoms with Gasteiger partial charge in [0.25, 0.3) is 0 Å². The number of rotatable bonds is 3. The van der Waals surface area contributed by atoms with E-state index in [9.17, 15) is 9.59 Å². The highest BCUT2D eigenvalue weighted by atomic mass is 35.5. The lowest BCUT2D eigenvalue weighted by Crippen LogP contribution is -2.31. The Morgan fingerprint density at radius 1 is 1.12 bits per heavy atom. The first-order valence-electron chi connectivity index (χ1n) is 7.33. The van der Waals surface area contributed by atoms with Gasteiger partial charge in [0.1, 0.15) is 5.25 Å². The lowest BCUT2D eigenvalue weighted by molar-refractivity contribution is -0.121. The summed E-state index contributed by atoms with van der Waals surface area (Å²) in [6.45, 7) is 0. The highest BCUT2D eigenvalue weighted by Gasteiger charge is 2.40. The van der Waals surface area contributed by atoms with Gasteiger partial charge < -0.3 is 5.73 Å². The summed E-state index contributed by atoms with van der Waals surface area (Å²) in [6.07, 6.45) is 0.0504. The molecular weight excluding hydrogens is 381 g/mol. The fourth-order valence-corrected chi connectivity index (χ4v) is 3.57. The molecule has 1 saturated heterocycles. The van der Waals surface area contributed by atoms with Crippen molar-refractivity contribution in [3.8, 4) is 0 Å². The lowest BCUT2D eigenvalue weighted by Gasteiger charge is -2.15. The number of amides is 2. The quantitative estimate of drug-likeness (QED) is 0.485. The van der Waals surface area contributed by atoms with Crippen LogP contribution in [0.25, 0.3) is 0 Å². The maximum Gasteiger partial charge on any atom is 0.247 e. The maximum atomic E-state index is 12.6. The molecule has 0 spiro atoms. The van der Waals surface area contributed by atoms with Gasteiger partial charge in [-0.3, -0.25) is 9.59 Å². The zero-order valence-corrected chi connectivity index (χ0v) is 15.2. The van der Waals surface area contributed by atoms with Crippen LogP contribution in [0.5, 0.6) is 0 Å². The second kappa shape index (κ2) is 7.47. The number of aliphatic imine (C=N–C) groups is 1. The van der Waals surface area contributed by atoms with E-state index >= 15 is 0 Å². The van der Waals surface area contributed by atoms with Gasteiger partial charge in [0, 0.05) is 6.42 Å². The Balaban J connectivity index is 1.77. The van der Waals surface area contributed by atoms with Crippen molar-refractivity contribution in [2.75, 3.05) is 4.90 Å². The van der Waals surface area contributed by atoms with Crippen LogP contribution in [-0.2, 0) is 9.59 Å². The SMILES string of the molecule is NC(=Nc1ccccc1)SC1CC(=O)N(c2ccc(Cl)c(Cl)c2)C1=O. The molecule has 0 aromatic heterocycles. The van der Waals surface area contributed by atoms with Crippen LogP contribution in [0, 0.1) is 0 Å². The van der Waals surface area contributed by atoms with Crippen molar-refractivity contribution in [3.63, 3.8) is 0 Å². The molecule has 8 heteroatoms. The van der Waals surface area contributed by atoms with Crippen LogP contribution in [-0.4, -0.2) is 22.2 Å². The van der Waals surface area contributed by atoms with Crippen LogP contribution in [0.15, 0.2) is 53.5 Å². The number of hydrogen-bond acceptors (Lipinski definition) is 4. The Hall–Kier alpha value is -2.02. The number of carbonyl (C=O) groups is 2. The first-order chi connectivity index (χ1) is 12.0. The van der Waals surface area contributed by atoms with Crippen LogP contribution < -0.4 is 10.6 Å². The van der Waals surface area contributed by atoms with Gasteiger partial charge in [0.2, 0.25) is 11.8 Å². The van der Waals surface area contributed by atoms with Crippen molar-refractivity contribution >= 4 is 63.3 Å². The zero-order chi connectivity index (χ0) is 18.0. The third-order valence-corrected chi connectivity index (χ3v) is 5.25. The standard InChI is InChI=1S/C17H13Cl2N3O2S/c18-12-7-6-11(8-13(12)19)22-15(23)9-14(16(22)24)25-17(20)21-10-4-2-1-3-5-10/h1-8,14H,9H2,(H2,20,21). The first-order valence-corrected chi connectivity index (χ1v) is 8.97. The van der Waals surface area contributed by atoms with Crippen molar-refractivity contribution < 1.29 is 9.59 Å². The first kappa shape index (κ1) is 17.8. The molecule has 2 N–H and O–H groups in total. The summed E-state index contributed by atoms with van der Waals surface area (Å²) in [5.74, 6) is -0.659. The summed E-state index contributed by atoms with van der Waals surface area (Å²) < 4.78 is 0. The summed E-state index contributed by atoms with van der Waals surface area (Å²) in [5.41, 5.74) is 6.99. The predicted octanol–water partition coefficient (Wildman–Crippen LogP) is 4.00. The second-order valence-electron chi connectivity index (χ2n) is 5.26. The molecule has 0 bridgehead atoms. The topological polar surface area (TPSA) is 75.8 Å². The smallest absolute Gasteiger partial charge is 0.247 e. The molecule has 2 aromatic rings. The van der Waals surface area contributed by atoms with E-state index in [0.717, 1.165) is 16.7 Å². The third kappa shape index (κ3) is 3.98. The van der Waals surface area contributed by atoms with Crippen LogP contribution in [0.4, 0.5) is 11.4 Å². The number of nitrogens with two attached hydrogens (primary N) is 1. The Morgan fingerprint density at radius 3 is 2.52 bits per heavy atom. The van der Waals surface area contributed by atoms with E-state index in [1.165, 1.54) is 6.07 Å². The number of hydrogen-bond donors (Lipinski definition) is 1. The second-order valence-corrected chi connectivity index (χ2v) is 7.30. The lowest BCUT2D eigenvalue weighted by atomic mass is 10.3. The monoisotopic (exact) mass is 393 g/mol. The van der Waals surface area contributed by atoms with Gasteiger partial charge >= 0.3 is 0 Å². The average Bonchev–Trinajstić information content (AvgIpc) is 2.85. The molecule has 1 unspecified atom stereocenters.